The Morgan fingerprint density at radius 3 is 2.93 bits per heavy atom. The Labute approximate surface area is 82.7 Å². The molecule has 0 atom stereocenters. The van der Waals surface area contributed by atoms with Crippen molar-refractivity contribution >= 4 is 17.4 Å². The number of nitrogens with zero attached hydrogens (tertiary/aromatic N) is 1. The second-order valence-electron chi connectivity index (χ2n) is 3.43. The van der Waals surface area contributed by atoms with Gasteiger partial charge >= 0.3 is 6.03 Å². The van der Waals surface area contributed by atoms with Crippen LogP contribution in [0.25, 0.3) is 0 Å². The standard InChI is InChI=1S/C10H13N3O/c1-7-2-3-8(11)6-9(7)13-5-4-12-10(13)14/h2-3,6H,4-5,11H2,1H3,(H,12,14). The third-order valence-corrected chi connectivity index (χ3v) is 2.38. The predicted molar refractivity (Wildman–Crippen MR) is 56.3 cm³/mol. The number of nitrogens with one attached hydrogen (secondary N) is 1. The van der Waals surface area contributed by atoms with Gasteiger partial charge in [0.15, 0.2) is 0 Å². The van der Waals surface area contributed by atoms with Crippen molar-refractivity contribution in [2.24, 2.45) is 0 Å². The molecule has 1 heterocycles. The molecule has 4 heteroatoms. The largest absolute Gasteiger partial charge is 0.399 e. The van der Waals surface area contributed by atoms with Crippen molar-refractivity contribution in [2.45, 2.75) is 6.92 Å². The number of nitrogens with two attached hydrogens (primary N) is 1. The average Bonchev–Trinajstić information content (AvgIpc) is 2.56. The number of benzene rings is 1. The van der Waals surface area contributed by atoms with Crippen LogP contribution >= 0.6 is 0 Å². The van der Waals surface area contributed by atoms with Gasteiger partial charge in [-0.25, -0.2) is 4.79 Å². The molecule has 3 N–H and O–H groups in total. The van der Waals surface area contributed by atoms with E-state index in [9.17, 15) is 4.79 Å². The second kappa shape index (κ2) is 3.21. The van der Waals surface area contributed by atoms with E-state index in [1.807, 2.05) is 25.1 Å². The summed E-state index contributed by atoms with van der Waals surface area (Å²) in [5.74, 6) is 0. The van der Waals surface area contributed by atoms with Gasteiger partial charge in [-0.15, -0.1) is 0 Å². The smallest absolute Gasteiger partial charge is 0.322 e. The van der Waals surface area contributed by atoms with Crippen molar-refractivity contribution in [3.05, 3.63) is 23.8 Å². The molecular formula is C10H13N3O. The molecule has 14 heavy (non-hydrogen) atoms. The van der Waals surface area contributed by atoms with Crippen molar-refractivity contribution in [3.63, 3.8) is 0 Å². The van der Waals surface area contributed by atoms with E-state index in [1.54, 1.807) is 4.90 Å². The topological polar surface area (TPSA) is 58.4 Å². The number of rotatable bonds is 1. The normalized spacial score (nSPS) is 15.8. The molecule has 0 bridgehead atoms. The van der Waals surface area contributed by atoms with E-state index < -0.39 is 0 Å². The Morgan fingerprint density at radius 2 is 2.29 bits per heavy atom. The summed E-state index contributed by atoms with van der Waals surface area (Å²) in [6.07, 6.45) is 0. The number of hydrogen-bond donors (Lipinski definition) is 2. The zero-order chi connectivity index (χ0) is 10.1. The maximum atomic E-state index is 11.4. The van der Waals surface area contributed by atoms with Gasteiger partial charge in [0.05, 0.1) is 5.69 Å². The molecule has 74 valence electrons. The van der Waals surface area contributed by atoms with Crippen molar-refractivity contribution in [1.82, 2.24) is 5.32 Å². The van der Waals surface area contributed by atoms with Crippen LogP contribution in [0.4, 0.5) is 16.2 Å². The van der Waals surface area contributed by atoms with Crippen LogP contribution in [0.1, 0.15) is 5.56 Å². The van der Waals surface area contributed by atoms with Crippen LogP contribution in [-0.2, 0) is 0 Å². The summed E-state index contributed by atoms with van der Waals surface area (Å²) in [6.45, 7) is 3.39. The molecule has 0 saturated carbocycles. The zero-order valence-corrected chi connectivity index (χ0v) is 8.08. The van der Waals surface area contributed by atoms with Gasteiger partial charge in [0.2, 0.25) is 0 Å². The maximum absolute atomic E-state index is 11.4. The monoisotopic (exact) mass is 191 g/mol. The number of aryl methyl sites for hydroxylation is 1. The van der Waals surface area contributed by atoms with Crippen molar-refractivity contribution < 1.29 is 4.79 Å². The van der Waals surface area contributed by atoms with E-state index in [1.165, 1.54) is 0 Å². The Balaban J connectivity index is 2.39. The molecule has 4 nitrogen and oxygen atoms in total. The van der Waals surface area contributed by atoms with Gasteiger partial charge in [0, 0.05) is 18.8 Å². The highest BCUT2D eigenvalue weighted by atomic mass is 16.2. The summed E-state index contributed by atoms with van der Waals surface area (Å²) in [6, 6.07) is 5.56. The molecule has 2 amide bonds. The number of hydrogen-bond acceptors (Lipinski definition) is 2. The highest BCUT2D eigenvalue weighted by Crippen LogP contribution is 2.23. The minimum absolute atomic E-state index is 0.0429. The first-order valence-corrected chi connectivity index (χ1v) is 4.60. The van der Waals surface area contributed by atoms with E-state index in [2.05, 4.69) is 5.32 Å². The van der Waals surface area contributed by atoms with Gasteiger partial charge in [-0.2, -0.15) is 0 Å². The van der Waals surface area contributed by atoms with Crippen LogP contribution in [0.15, 0.2) is 18.2 Å². The average molecular weight is 191 g/mol. The quantitative estimate of drug-likeness (QED) is 0.653. The van der Waals surface area contributed by atoms with Gasteiger partial charge in [0.25, 0.3) is 0 Å². The summed E-state index contributed by atoms with van der Waals surface area (Å²) in [7, 11) is 0. The Hall–Kier alpha value is -1.71. The minimum Gasteiger partial charge on any atom is -0.399 e. The van der Waals surface area contributed by atoms with Gasteiger partial charge in [-0.05, 0) is 24.6 Å². The van der Waals surface area contributed by atoms with E-state index in [0.29, 0.717) is 18.8 Å². The third-order valence-electron chi connectivity index (χ3n) is 2.38. The lowest BCUT2D eigenvalue weighted by Gasteiger charge is -2.17. The number of amides is 2. The highest BCUT2D eigenvalue weighted by molar-refractivity contribution is 5.95. The van der Waals surface area contributed by atoms with Crippen LogP contribution in [0.3, 0.4) is 0 Å². The molecule has 0 aliphatic carbocycles. The molecule has 1 aromatic rings. The predicted octanol–water partition coefficient (Wildman–Crippen LogP) is 1.11. The van der Waals surface area contributed by atoms with Crippen LogP contribution in [0, 0.1) is 6.92 Å². The molecule has 2 rings (SSSR count). The summed E-state index contributed by atoms with van der Waals surface area (Å²) in [4.78, 5) is 13.1. The number of nitrogen functional groups attached to an aromatic ring is 1. The highest BCUT2D eigenvalue weighted by Gasteiger charge is 2.22. The van der Waals surface area contributed by atoms with Crippen LogP contribution in [-0.4, -0.2) is 19.1 Å². The molecule has 0 spiro atoms. The number of anilines is 2. The van der Waals surface area contributed by atoms with Crippen molar-refractivity contribution in [3.8, 4) is 0 Å². The van der Waals surface area contributed by atoms with Crippen molar-refractivity contribution in [2.75, 3.05) is 23.7 Å². The number of carbonyl (C=O) groups is 1. The lowest BCUT2D eigenvalue weighted by Crippen LogP contribution is -2.28. The summed E-state index contributed by atoms with van der Waals surface area (Å²) in [5, 5.41) is 2.76. The summed E-state index contributed by atoms with van der Waals surface area (Å²) in [5.41, 5.74) is 8.34. The molecular weight excluding hydrogens is 178 g/mol. The molecule has 1 aliphatic heterocycles. The molecule has 1 fully saturated rings. The van der Waals surface area contributed by atoms with Gasteiger partial charge in [-0.3, -0.25) is 4.90 Å². The van der Waals surface area contributed by atoms with Crippen molar-refractivity contribution in [1.29, 1.82) is 0 Å². The SMILES string of the molecule is Cc1ccc(N)cc1N1CCNC1=O. The molecule has 0 radical (unpaired) electrons. The number of urea groups is 1. The molecule has 0 aromatic heterocycles. The maximum Gasteiger partial charge on any atom is 0.322 e. The van der Waals surface area contributed by atoms with E-state index in [-0.39, 0.29) is 6.03 Å². The first-order chi connectivity index (χ1) is 6.68. The van der Waals surface area contributed by atoms with Gasteiger partial charge in [0.1, 0.15) is 0 Å². The van der Waals surface area contributed by atoms with Crippen LogP contribution < -0.4 is 16.0 Å². The van der Waals surface area contributed by atoms with Crippen LogP contribution in [0.2, 0.25) is 0 Å². The van der Waals surface area contributed by atoms with Gasteiger partial charge in [-0.1, -0.05) is 6.07 Å². The summed E-state index contributed by atoms with van der Waals surface area (Å²) >= 11 is 0. The lowest BCUT2D eigenvalue weighted by molar-refractivity contribution is 0.252. The number of carbonyl (C=O) groups excluding carboxylic acids is 1. The Bertz CT molecular complexity index is 376. The second-order valence-corrected chi connectivity index (χ2v) is 3.43. The first kappa shape index (κ1) is 8.87. The van der Waals surface area contributed by atoms with Crippen LogP contribution in [0.5, 0.6) is 0 Å². The fourth-order valence-electron chi connectivity index (χ4n) is 1.62. The molecule has 1 saturated heterocycles. The Kier molecular flexibility index (Phi) is 2.04. The van der Waals surface area contributed by atoms with E-state index in [0.717, 1.165) is 11.3 Å². The Morgan fingerprint density at radius 1 is 1.50 bits per heavy atom. The zero-order valence-electron chi connectivity index (χ0n) is 8.08. The molecule has 1 aromatic carbocycles. The molecule has 1 aliphatic rings. The fourth-order valence-corrected chi connectivity index (χ4v) is 1.62. The fraction of sp³-hybridized carbons (Fsp3) is 0.300. The van der Waals surface area contributed by atoms with Gasteiger partial charge < -0.3 is 11.1 Å². The first-order valence-electron chi connectivity index (χ1n) is 4.60. The molecule has 0 unspecified atom stereocenters. The van der Waals surface area contributed by atoms with E-state index in [4.69, 9.17) is 5.73 Å². The van der Waals surface area contributed by atoms with E-state index >= 15 is 0 Å². The minimum atomic E-state index is -0.0429. The third kappa shape index (κ3) is 1.39. The summed E-state index contributed by atoms with van der Waals surface area (Å²) < 4.78 is 0. The lowest BCUT2D eigenvalue weighted by atomic mass is 10.1.